The molecule has 12 nitrogen and oxygen atoms in total. The van der Waals surface area contributed by atoms with Crippen molar-refractivity contribution in [1.82, 2.24) is 24.0 Å². The van der Waals surface area contributed by atoms with Crippen molar-refractivity contribution in [1.29, 1.82) is 0 Å². The predicted molar refractivity (Wildman–Crippen MR) is 137 cm³/mol. The second-order valence-corrected chi connectivity index (χ2v) is 11.5. The minimum Gasteiger partial charge on any atom is -0.473 e. The summed E-state index contributed by atoms with van der Waals surface area (Å²) in [6, 6.07) is 6.98. The largest absolute Gasteiger partial charge is 0.473 e. The van der Waals surface area contributed by atoms with Gasteiger partial charge in [-0.25, -0.2) is 18.0 Å². The first-order chi connectivity index (χ1) is 17.7. The topological polar surface area (TPSA) is 155 Å². The summed E-state index contributed by atoms with van der Waals surface area (Å²) in [5.41, 5.74) is 0.873. The average molecular weight is 556 g/mol. The number of nitrogens with zero attached hydrogens (tertiary/aromatic N) is 5. The zero-order chi connectivity index (χ0) is 26.8. The summed E-state index contributed by atoms with van der Waals surface area (Å²) in [7, 11) is -3.49. The van der Waals surface area contributed by atoms with Crippen LogP contribution in [-0.4, -0.2) is 106 Å². The lowest BCUT2D eigenvalue weighted by atomic mass is 10.1. The number of thioether (sulfide) groups is 1. The molecule has 0 amide bonds. The van der Waals surface area contributed by atoms with Crippen LogP contribution >= 0.6 is 11.8 Å². The fourth-order valence-electron chi connectivity index (χ4n) is 4.06. The number of hydrogen-bond acceptors (Lipinski definition) is 9. The van der Waals surface area contributed by atoms with Gasteiger partial charge in [-0.3, -0.25) is 0 Å². The van der Waals surface area contributed by atoms with Gasteiger partial charge in [0.15, 0.2) is 11.0 Å². The Bertz CT molecular complexity index is 1130. The van der Waals surface area contributed by atoms with Crippen LogP contribution in [0.15, 0.2) is 34.3 Å². The van der Waals surface area contributed by atoms with Gasteiger partial charge >= 0.3 is 11.9 Å². The van der Waals surface area contributed by atoms with E-state index >= 15 is 0 Å². The third kappa shape index (κ3) is 7.98. The number of morpholine rings is 1. The van der Waals surface area contributed by atoms with Gasteiger partial charge in [0.25, 0.3) is 0 Å². The van der Waals surface area contributed by atoms with Crippen molar-refractivity contribution in [3.63, 3.8) is 0 Å². The molecular formula is C23H33N5O7S2. The van der Waals surface area contributed by atoms with Crippen LogP contribution in [0.4, 0.5) is 0 Å². The van der Waals surface area contributed by atoms with Gasteiger partial charge in [0, 0.05) is 37.5 Å². The number of likely N-dealkylation sites (tertiary alicyclic amines) is 1. The number of carboxylic acids is 2. The zero-order valence-corrected chi connectivity index (χ0v) is 22.4. The highest BCUT2D eigenvalue weighted by molar-refractivity contribution is 7.99. The molecule has 2 saturated heterocycles. The van der Waals surface area contributed by atoms with Gasteiger partial charge in [0.1, 0.15) is 0 Å². The van der Waals surface area contributed by atoms with Crippen LogP contribution in [0.2, 0.25) is 0 Å². The Kier molecular flexibility index (Phi) is 10.9. The number of ether oxygens (including phenoxy) is 1. The Morgan fingerprint density at radius 1 is 0.973 bits per heavy atom. The summed E-state index contributed by atoms with van der Waals surface area (Å²) < 4.78 is 34.5. The second kappa shape index (κ2) is 13.9. The highest BCUT2D eigenvalue weighted by Gasteiger charge is 2.26. The van der Waals surface area contributed by atoms with E-state index in [2.05, 4.69) is 26.6 Å². The highest BCUT2D eigenvalue weighted by atomic mass is 32.2. The van der Waals surface area contributed by atoms with Crippen LogP contribution in [0.5, 0.6) is 0 Å². The fraction of sp³-hybridized carbons (Fsp3) is 0.565. The number of carboxylic acid groups (broad SMARTS) is 2. The zero-order valence-electron chi connectivity index (χ0n) is 20.8. The Hall–Kier alpha value is -2.52. The molecule has 2 aliphatic rings. The molecule has 0 unspecified atom stereocenters. The Morgan fingerprint density at radius 2 is 1.59 bits per heavy atom. The van der Waals surface area contributed by atoms with Crippen molar-refractivity contribution in [2.24, 2.45) is 0 Å². The van der Waals surface area contributed by atoms with Crippen molar-refractivity contribution in [2.45, 2.75) is 42.8 Å². The van der Waals surface area contributed by atoms with Gasteiger partial charge < -0.3 is 24.4 Å². The summed E-state index contributed by atoms with van der Waals surface area (Å²) in [6.07, 6.45) is 3.96. The fourth-order valence-corrected chi connectivity index (χ4v) is 6.47. The van der Waals surface area contributed by atoms with Crippen LogP contribution in [0.3, 0.4) is 0 Å². The SMILES string of the molecule is CCn1c(SCCN2CCCCC2)nnc1-c1ccc(S(=O)(=O)N2CCOCC2)cc1.O=C(O)C(=O)O. The third-order valence-electron chi connectivity index (χ3n) is 6.02. The molecule has 0 saturated carbocycles. The van der Waals surface area contributed by atoms with Crippen LogP contribution in [0, 0.1) is 0 Å². The maximum Gasteiger partial charge on any atom is 0.414 e. The molecule has 1 aromatic carbocycles. The highest BCUT2D eigenvalue weighted by Crippen LogP contribution is 2.26. The maximum absolute atomic E-state index is 12.8. The molecule has 2 aliphatic heterocycles. The molecule has 0 bridgehead atoms. The van der Waals surface area contributed by atoms with E-state index in [1.807, 2.05) is 12.1 Å². The molecule has 2 aromatic rings. The summed E-state index contributed by atoms with van der Waals surface area (Å²) in [5.74, 6) is -1.88. The lowest BCUT2D eigenvalue weighted by Crippen LogP contribution is -2.40. The second-order valence-electron chi connectivity index (χ2n) is 8.45. The van der Waals surface area contributed by atoms with Crippen LogP contribution in [0.1, 0.15) is 26.2 Å². The van der Waals surface area contributed by atoms with E-state index in [0.29, 0.717) is 31.2 Å². The quantitative estimate of drug-likeness (QED) is 0.361. The van der Waals surface area contributed by atoms with Gasteiger partial charge in [-0.1, -0.05) is 18.2 Å². The van der Waals surface area contributed by atoms with E-state index < -0.39 is 22.0 Å². The van der Waals surface area contributed by atoms with E-state index in [1.165, 1.54) is 36.7 Å². The molecule has 0 radical (unpaired) electrons. The van der Waals surface area contributed by atoms with Gasteiger partial charge in [-0.05, 0) is 57.1 Å². The molecule has 2 N–H and O–H groups in total. The number of sulfonamides is 1. The van der Waals surface area contributed by atoms with Gasteiger partial charge in [0.2, 0.25) is 10.0 Å². The number of aromatic nitrogens is 3. The molecule has 4 rings (SSSR count). The summed E-state index contributed by atoms with van der Waals surface area (Å²) in [4.78, 5) is 21.0. The molecule has 14 heteroatoms. The van der Waals surface area contributed by atoms with E-state index in [4.69, 9.17) is 24.5 Å². The first kappa shape index (κ1) is 29.0. The Balaban J connectivity index is 0.000000568. The summed E-state index contributed by atoms with van der Waals surface area (Å²) >= 11 is 1.74. The molecule has 3 heterocycles. The smallest absolute Gasteiger partial charge is 0.414 e. The monoisotopic (exact) mass is 555 g/mol. The molecule has 0 atom stereocenters. The van der Waals surface area contributed by atoms with E-state index in [0.717, 1.165) is 35.4 Å². The molecule has 37 heavy (non-hydrogen) atoms. The summed E-state index contributed by atoms with van der Waals surface area (Å²) in [5, 5.41) is 24.5. The lowest BCUT2D eigenvalue weighted by Gasteiger charge is -2.26. The maximum atomic E-state index is 12.8. The Morgan fingerprint density at radius 3 is 2.16 bits per heavy atom. The van der Waals surface area contributed by atoms with Crippen molar-refractivity contribution in [3.05, 3.63) is 24.3 Å². The van der Waals surface area contributed by atoms with Gasteiger partial charge in [0.05, 0.1) is 18.1 Å². The predicted octanol–water partition coefficient (Wildman–Crippen LogP) is 1.72. The standard InChI is InChI=1S/C21H31N5O3S2.C2H2O4/c1-2-26-20(22-23-21(26)30-17-14-24-10-4-3-5-11-24)18-6-8-19(9-7-18)31(27,28)25-12-15-29-16-13-25;3-1(4)2(5)6/h6-9H,2-5,10-17H2,1H3;(H,3,4)(H,5,6). The lowest BCUT2D eigenvalue weighted by molar-refractivity contribution is -0.159. The number of carbonyl (C=O) groups is 2. The molecule has 2 fully saturated rings. The minimum absolute atomic E-state index is 0.303. The normalized spacial score (nSPS) is 17.1. The van der Waals surface area contributed by atoms with Crippen LogP contribution < -0.4 is 0 Å². The number of piperidine rings is 1. The minimum atomic E-state index is -3.49. The third-order valence-corrected chi connectivity index (χ3v) is 8.88. The average Bonchev–Trinajstić information content (AvgIpc) is 3.33. The number of rotatable bonds is 8. The van der Waals surface area contributed by atoms with E-state index in [-0.39, 0.29) is 0 Å². The first-order valence-corrected chi connectivity index (χ1v) is 14.6. The molecule has 0 aliphatic carbocycles. The molecule has 0 spiro atoms. The first-order valence-electron chi connectivity index (χ1n) is 12.2. The number of hydrogen-bond donors (Lipinski definition) is 2. The molecule has 204 valence electrons. The Labute approximate surface area is 220 Å². The van der Waals surface area contributed by atoms with Crippen molar-refractivity contribution in [3.8, 4) is 11.4 Å². The van der Waals surface area contributed by atoms with E-state index in [9.17, 15) is 8.42 Å². The van der Waals surface area contributed by atoms with Crippen molar-refractivity contribution >= 4 is 33.7 Å². The van der Waals surface area contributed by atoms with Gasteiger partial charge in [-0.15, -0.1) is 10.2 Å². The van der Waals surface area contributed by atoms with E-state index in [1.54, 1.807) is 23.9 Å². The molecule has 1 aromatic heterocycles. The van der Waals surface area contributed by atoms with Gasteiger partial charge in [-0.2, -0.15) is 4.31 Å². The summed E-state index contributed by atoms with van der Waals surface area (Å²) in [6.45, 7) is 7.99. The number of aliphatic carboxylic acids is 2. The van der Waals surface area contributed by atoms with Crippen LogP contribution in [-0.2, 0) is 30.9 Å². The molecular weight excluding hydrogens is 522 g/mol. The van der Waals surface area contributed by atoms with Crippen molar-refractivity contribution in [2.75, 3.05) is 51.7 Å². The van der Waals surface area contributed by atoms with Crippen molar-refractivity contribution < 1.29 is 33.0 Å². The number of benzene rings is 1. The van der Waals surface area contributed by atoms with Crippen LogP contribution in [0.25, 0.3) is 11.4 Å².